The minimum atomic E-state index is -0.217. The molecule has 114 valence electrons. The van der Waals surface area contributed by atoms with E-state index < -0.39 is 0 Å². The fourth-order valence-electron chi connectivity index (χ4n) is 1.93. The molecule has 0 fully saturated rings. The summed E-state index contributed by atoms with van der Waals surface area (Å²) in [5.74, 6) is 1.57. The van der Waals surface area contributed by atoms with Crippen LogP contribution in [-0.2, 0) is 12.2 Å². The first kappa shape index (κ1) is 16.0. The smallest absolute Gasteiger partial charge is 0.226 e. The summed E-state index contributed by atoms with van der Waals surface area (Å²) in [5, 5.41) is 3.93. The number of rotatable bonds is 9. The van der Waals surface area contributed by atoms with E-state index in [0.29, 0.717) is 22.4 Å². The Morgan fingerprint density at radius 3 is 2.76 bits per heavy atom. The van der Waals surface area contributed by atoms with Gasteiger partial charge in [-0.15, -0.1) is 11.8 Å². The highest BCUT2D eigenvalue weighted by Crippen LogP contribution is 2.24. The van der Waals surface area contributed by atoms with Crippen LogP contribution < -0.4 is 5.73 Å². The zero-order valence-electron chi connectivity index (χ0n) is 11.9. The van der Waals surface area contributed by atoms with Gasteiger partial charge < -0.3 is 10.3 Å². The number of unbranched alkanes of at least 4 members (excludes halogenated alkanes) is 3. The van der Waals surface area contributed by atoms with Crippen LogP contribution in [0, 0.1) is 5.82 Å². The lowest BCUT2D eigenvalue weighted by Gasteiger charge is -1.99. The topological polar surface area (TPSA) is 64.9 Å². The number of halogens is 1. The minimum Gasteiger partial charge on any atom is -0.339 e. The van der Waals surface area contributed by atoms with Gasteiger partial charge in [0, 0.05) is 11.3 Å². The second kappa shape index (κ2) is 8.79. The van der Waals surface area contributed by atoms with Gasteiger partial charge in [0.2, 0.25) is 5.89 Å². The lowest BCUT2D eigenvalue weighted by Crippen LogP contribution is -1.97. The second-order valence-electron chi connectivity index (χ2n) is 4.78. The monoisotopic (exact) mass is 309 g/mol. The number of aryl methyl sites for hydroxylation is 1. The minimum absolute atomic E-state index is 0.217. The molecule has 21 heavy (non-hydrogen) atoms. The van der Waals surface area contributed by atoms with E-state index in [1.54, 1.807) is 12.1 Å². The zero-order chi connectivity index (χ0) is 14.9. The van der Waals surface area contributed by atoms with Crippen LogP contribution >= 0.6 is 11.8 Å². The predicted octanol–water partition coefficient (Wildman–Crippen LogP) is 3.56. The van der Waals surface area contributed by atoms with Crippen molar-refractivity contribution < 1.29 is 8.91 Å². The Kier molecular flexibility index (Phi) is 6.69. The average Bonchev–Trinajstić information content (AvgIpc) is 2.94. The summed E-state index contributed by atoms with van der Waals surface area (Å²) in [5.41, 5.74) is 5.45. The van der Waals surface area contributed by atoms with Gasteiger partial charge in [0.15, 0.2) is 5.82 Å². The molecule has 0 aliphatic heterocycles. The largest absolute Gasteiger partial charge is 0.339 e. The quantitative estimate of drug-likeness (QED) is 0.567. The van der Waals surface area contributed by atoms with Crippen LogP contribution in [0.5, 0.6) is 0 Å². The van der Waals surface area contributed by atoms with Crippen LogP contribution in [0.3, 0.4) is 0 Å². The SMILES string of the molecule is NCCCCCCc1nc(CSc2ccccc2F)no1. The molecule has 0 bridgehead atoms. The van der Waals surface area contributed by atoms with Crippen LogP contribution in [0.15, 0.2) is 33.7 Å². The van der Waals surface area contributed by atoms with Crippen molar-refractivity contribution in [1.82, 2.24) is 10.1 Å². The van der Waals surface area contributed by atoms with Gasteiger partial charge in [-0.2, -0.15) is 4.98 Å². The van der Waals surface area contributed by atoms with Crippen molar-refractivity contribution in [1.29, 1.82) is 0 Å². The number of hydrogen-bond acceptors (Lipinski definition) is 5. The third-order valence-electron chi connectivity index (χ3n) is 3.05. The van der Waals surface area contributed by atoms with Gasteiger partial charge in [-0.05, 0) is 31.5 Å². The standard InChI is InChI=1S/C15H20FN3OS/c16-12-7-4-5-8-13(12)21-11-14-18-15(20-19-14)9-3-1-2-6-10-17/h4-5,7-8H,1-3,6,9-11,17H2. The molecule has 0 aliphatic rings. The molecule has 6 heteroatoms. The first-order chi connectivity index (χ1) is 10.3. The molecular weight excluding hydrogens is 289 g/mol. The van der Waals surface area contributed by atoms with E-state index in [1.165, 1.54) is 17.8 Å². The Bertz CT molecular complexity index is 547. The van der Waals surface area contributed by atoms with E-state index in [9.17, 15) is 4.39 Å². The summed E-state index contributed by atoms with van der Waals surface area (Å²) in [6.45, 7) is 0.748. The molecule has 0 radical (unpaired) electrons. The van der Waals surface area contributed by atoms with Gasteiger partial charge in [-0.1, -0.05) is 30.1 Å². The van der Waals surface area contributed by atoms with Crippen molar-refractivity contribution in [3.63, 3.8) is 0 Å². The number of aromatic nitrogens is 2. The van der Waals surface area contributed by atoms with E-state index in [4.69, 9.17) is 10.3 Å². The summed E-state index contributed by atoms with van der Waals surface area (Å²) in [6.07, 6.45) is 5.15. The van der Waals surface area contributed by atoms with Crippen molar-refractivity contribution in [2.75, 3.05) is 6.54 Å². The zero-order valence-corrected chi connectivity index (χ0v) is 12.7. The van der Waals surface area contributed by atoms with E-state index in [1.807, 2.05) is 6.07 Å². The molecule has 4 nitrogen and oxygen atoms in total. The molecule has 1 aromatic carbocycles. The van der Waals surface area contributed by atoms with Gasteiger partial charge in [-0.25, -0.2) is 4.39 Å². The van der Waals surface area contributed by atoms with Crippen molar-refractivity contribution in [3.05, 3.63) is 41.8 Å². The molecule has 0 unspecified atom stereocenters. The number of nitrogens with two attached hydrogens (primary N) is 1. The van der Waals surface area contributed by atoms with Gasteiger partial charge >= 0.3 is 0 Å². The highest BCUT2D eigenvalue weighted by Gasteiger charge is 2.08. The highest BCUT2D eigenvalue weighted by molar-refractivity contribution is 7.98. The molecule has 2 aromatic rings. The van der Waals surface area contributed by atoms with Crippen LogP contribution in [0.4, 0.5) is 4.39 Å². The van der Waals surface area contributed by atoms with Crippen LogP contribution in [0.1, 0.15) is 37.4 Å². The fraction of sp³-hybridized carbons (Fsp3) is 0.467. The van der Waals surface area contributed by atoms with Crippen molar-refractivity contribution in [3.8, 4) is 0 Å². The maximum Gasteiger partial charge on any atom is 0.226 e. The molecule has 0 atom stereocenters. The normalized spacial score (nSPS) is 11.0. The second-order valence-corrected chi connectivity index (χ2v) is 5.79. The molecule has 2 N–H and O–H groups in total. The Labute approximate surface area is 128 Å². The fourth-order valence-corrected chi connectivity index (χ4v) is 2.71. The maximum atomic E-state index is 13.5. The Balaban J connectivity index is 1.74. The molecule has 1 aromatic heterocycles. The van der Waals surface area contributed by atoms with Crippen molar-refractivity contribution in [2.24, 2.45) is 5.73 Å². The molecule has 2 rings (SSSR count). The van der Waals surface area contributed by atoms with E-state index in [-0.39, 0.29) is 5.82 Å². The third kappa shape index (κ3) is 5.47. The summed E-state index contributed by atoms with van der Waals surface area (Å²) >= 11 is 1.37. The lowest BCUT2D eigenvalue weighted by molar-refractivity contribution is 0.370. The van der Waals surface area contributed by atoms with Gasteiger partial charge in [0.05, 0.1) is 5.75 Å². The maximum absolute atomic E-state index is 13.5. The van der Waals surface area contributed by atoms with Gasteiger partial charge in [0.25, 0.3) is 0 Å². The van der Waals surface area contributed by atoms with E-state index in [2.05, 4.69) is 10.1 Å². The van der Waals surface area contributed by atoms with Crippen LogP contribution in [0.25, 0.3) is 0 Å². The summed E-state index contributed by atoms with van der Waals surface area (Å²) in [6, 6.07) is 6.69. The van der Waals surface area contributed by atoms with Gasteiger partial charge in [0.1, 0.15) is 5.82 Å². The predicted molar refractivity (Wildman–Crippen MR) is 81.5 cm³/mol. The molecule has 0 amide bonds. The number of nitrogens with zero attached hydrogens (tertiary/aromatic N) is 2. The Morgan fingerprint density at radius 1 is 1.14 bits per heavy atom. The number of thioether (sulfide) groups is 1. The molecule has 0 aliphatic carbocycles. The lowest BCUT2D eigenvalue weighted by atomic mass is 10.1. The van der Waals surface area contributed by atoms with E-state index in [0.717, 1.165) is 38.6 Å². The molecule has 0 spiro atoms. The van der Waals surface area contributed by atoms with Crippen molar-refractivity contribution >= 4 is 11.8 Å². The Hall–Kier alpha value is -1.40. The summed E-state index contributed by atoms with van der Waals surface area (Å²) in [7, 11) is 0. The van der Waals surface area contributed by atoms with Crippen LogP contribution in [0.2, 0.25) is 0 Å². The summed E-state index contributed by atoms with van der Waals surface area (Å²) in [4.78, 5) is 4.93. The average molecular weight is 309 g/mol. The molecule has 0 saturated heterocycles. The molecule has 1 heterocycles. The molecule has 0 saturated carbocycles. The summed E-state index contributed by atoms with van der Waals surface area (Å²) < 4.78 is 18.7. The van der Waals surface area contributed by atoms with E-state index >= 15 is 0 Å². The molecular formula is C15H20FN3OS. The Morgan fingerprint density at radius 2 is 1.95 bits per heavy atom. The van der Waals surface area contributed by atoms with Gasteiger partial charge in [-0.3, -0.25) is 0 Å². The first-order valence-electron chi connectivity index (χ1n) is 7.18. The highest BCUT2D eigenvalue weighted by atomic mass is 32.2. The third-order valence-corrected chi connectivity index (χ3v) is 4.09. The van der Waals surface area contributed by atoms with Crippen LogP contribution in [-0.4, -0.2) is 16.7 Å². The van der Waals surface area contributed by atoms with Crippen molar-refractivity contribution in [2.45, 2.75) is 42.8 Å². The first-order valence-corrected chi connectivity index (χ1v) is 8.17. The number of benzene rings is 1. The number of hydrogen-bond donors (Lipinski definition) is 1.